The van der Waals surface area contributed by atoms with Gasteiger partial charge >= 0.3 is 5.97 Å². The molecule has 0 radical (unpaired) electrons. The van der Waals surface area contributed by atoms with E-state index in [-0.39, 0.29) is 17.2 Å². The van der Waals surface area contributed by atoms with Crippen molar-refractivity contribution in [2.75, 3.05) is 6.61 Å². The number of nitrogens with one attached hydrogen (secondary N) is 1. The predicted molar refractivity (Wildman–Crippen MR) is 74.1 cm³/mol. The average Bonchev–Trinajstić information content (AvgIpc) is 2.37. The van der Waals surface area contributed by atoms with Gasteiger partial charge in [-0.1, -0.05) is 17.7 Å². The average molecular weight is 302 g/mol. The summed E-state index contributed by atoms with van der Waals surface area (Å²) in [6.45, 7) is 5.25. The first-order valence-electron chi connectivity index (χ1n) is 6.30. The van der Waals surface area contributed by atoms with E-state index >= 15 is 0 Å². The quantitative estimate of drug-likeness (QED) is 0.851. The smallest absolute Gasteiger partial charge is 0.310 e. The Morgan fingerprint density at radius 1 is 1.40 bits per heavy atom. The van der Waals surface area contributed by atoms with Gasteiger partial charge in [-0.25, -0.2) is 4.39 Å². The van der Waals surface area contributed by atoms with Gasteiger partial charge in [0, 0.05) is 6.04 Å². The fraction of sp³-hybridized carbons (Fsp3) is 0.429. The minimum Gasteiger partial charge on any atom is -0.466 e. The fourth-order valence-electron chi connectivity index (χ4n) is 1.60. The normalized spacial score (nSPS) is 13.4. The van der Waals surface area contributed by atoms with Crippen molar-refractivity contribution in [2.45, 2.75) is 26.8 Å². The SMILES string of the molecule is CCOC(=O)C(C)C(C)NC(=O)c1c(F)cccc1Cl. The van der Waals surface area contributed by atoms with Gasteiger partial charge in [-0.15, -0.1) is 0 Å². The molecule has 0 fully saturated rings. The van der Waals surface area contributed by atoms with E-state index < -0.39 is 29.7 Å². The summed E-state index contributed by atoms with van der Waals surface area (Å²) in [4.78, 5) is 23.6. The van der Waals surface area contributed by atoms with E-state index in [0.29, 0.717) is 0 Å². The van der Waals surface area contributed by atoms with Crippen LogP contribution in [-0.2, 0) is 9.53 Å². The highest BCUT2D eigenvalue weighted by Gasteiger charge is 2.25. The molecule has 0 saturated carbocycles. The number of benzene rings is 1. The molecule has 1 aromatic rings. The molecular weight excluding hydrogens is 285 g/mol. The van der Waals surface area contributed by atoms with Crippen molar-refractivity contribution >= 4 is 23.5 Å². The summed E-state index contributed by atoms with van der Waals surface area (Å²) < 4.78 is 18.5. The first-order valence-corrected chi connectivity index (χ1v) is 6.67. The highest BCUT2D eigenvalue weighted by atomic mass is 35.5. The van der Waals surface area contributed by atoms with Crippen LogP contribution in [0, 0.1) is 11.7 Å². The van der Waals surface area contributed by atoms with Crippen LogP contribution in [0.4, 0.5) is 4.39 Å². The Labute approximate surface area is 122 Å². The van der Waals surface area contributed by atoms with Gasteiger partial charge in [0.15, 0.2) is 0 Å². The van der Waals surface area contributed by atoms with Crippen LogP contribution in [0.25, 0.3) is 0 Å². The third kappa shape index (κ3) is 3.93. The lowest BCUT2D eigenvalue weighted by molar-refractivity contribution is -0.148. The molecule has 0 aliphatic heterocycles. The van der Waals surface area contributed by atoms with Crippen molar-refractivity contribution in [3.63, 3.8) is 0 Å². The second-order valence-corrected chi connectivity index (χ2v) is 4.81. The summed E-state index contributed by atoms with van der Waals surface area (Å²) in [5.41, 5.74) is -0.225. The molecule has 1 N–H and O–H groups in total. The van der Waals surface area contributed by atoms with Crippen LogP contribution in [0.3, 0.4) is 0 Å². The largest absolute Gasteiger partial charge is 0.466 e. The molecule has 4 nitrogen and oxygen atoms in total. The molecule has 0 saturated heterocycles. The minimum atomic E-state index is -0.703. The highest BCUT2D eigenvalue weighted by Crippen LogP contribution is 2.19. The molecule has 0 aliphatic rings. The number of hydrogen-bond donors (Lipinski definition) is 1. The molecule has 20 heavy (non-hydrogen) atoms. The third-order valence-electron chi connectivity index (χ3n) is 2.96. The zero-order valence-electron chi connectivity index (χ0n) is 11.6. The van der Waals surface area contributed by atoms with E-state index in [1.807, 2.05) is 0 Å². The number of hydrogen-bond acceptors (Lipinski definition) is 3. The molecular formula is C14H17ClFNO3. The number of carbonyl (C=O) groups is 2. The van der Waals surface area contributed by atoms with Gasteiger partial charge in [-0.2, -0.15) is 0 Å². The summed E-state index contributed by atoms with van der Waals surface area (Å²) >= 11 is 5.81. The summed E-state index contributed by atoms with van der Waals surface area (Å²) in [5.74, 6) is -2.31. The van der Waals surface area contributed by atoms with Crippen LogP contribution < -0.4 is 5.32 Å². The van der Waals surface area contributed by atoms with Gasteiger partial charge in [0.2, 0.25) is 0 Å². The van der Waals surface area contributed by atoms with Gasteiger partial charge < -0.3 is 10.1 Å². The van der Waals surface area contributed by atoms with Crippen LogP contribution >= 0.6 is 11.6 Å². The molecule has 6 heteroatoms. The molecule has 1 rings (SSSR count). The van der Waals surface area contributed by atoms with Crippen LogP contribution in [0.5, 0.6) is 0 Å². The maximum Gasteiger partial charge on any atom is 0.310 e. The van der Waals surface area contributed by atoms with Crippen LogP contribution in [-0.4, -0.2) is 24.5 Å². The van der Waals surface area contributed by atoms with Crippen LogP contribution in [0.2, 0.25) is 5.02 Å². The monoisotopic (exact) mass is 301 g/mol. The summed E-state index contributed by atoms with van der Waals surface area (Å²) in [6.07, 6.45) is 0. The maximum absolute atomic E-state index is 13.6. The van der Waals surface area contributed by atoms with Crippen molar-refractivity contribution < 1.29 is 18.7 Å². The lowest BCUT2D eigenvalue weighted by atomic mass is 10.0. The van der Waals surface area contributed by atoms with E-state index in [2.05, 4.69) is 5.32 Å². The molecule has 2 unspecified atom stereocenters. The van der Waals surface area contributed by atoms with Crippen molar-refractivity contribution in [2.24, 2.45) is 5.92 Å². The molecule has 1 aromatic carbocycles. The van der Waals surface area contributed by atoms with Crippen LogP contribution in [0.15, 0.2) is 18.2 Å². The van der Waals surface area contributed by atoms with Gasteiger partial charge in [-0.05, 0) is 32.9 Å². The number of amides is 1. The van der Waals surface area contributed by atoms with Crippen molar-refractivity contribution in [1.29, 1.82) is 0 Å². The standard InChI is InChI=1S/C14H17ClFNO3/c1-4-20-14(19)8(2)9(3)17-13(18)12-10(15)6-5-7-11(12)16/h5-9H,4H2,1-3H3,(H,17,18). The highest BCUT2D eigenvalue weighted by molar-refractivity contribution is 6.33. The zero-order chi connectivity index (χ0) is 15.3. The molecule has 1 amide bonds. The Bertz CT molecular complexity index is 487. The van der Waals surface area contributed by atoms with Crippen LogP contribution in [0.1, 0.15) is 31.1 Å². The summed E-state index contributed by atoms with van der Waals surface area (Å²) in [5, 5.41) is 2.58. The van der Waals surface area contributed by atoms with E-state index in [9.17, 15) is 14.0 Å². The maximum atomic E-state index is 13.6. The number of halogens is 2. The Balaban J connectivity index is 2.78. The van der Waals surface area contributed by atoms with Crippen molar-refractivity contribution in [3.05, 3.63) is 34.6 Å². The van der Waals surface area contributed by atoms with E-state index in [4.69, 9.17) is 16.3 Å². The number of esters is 1. The lowest BCUT2D eigenvalue weighted by Gasteiger charge is -2.20. The van der Waals surface area contributed by atoms with Gasteiger partial charge in [0.25, 0.3) is 5.91 Å². The molecule has 0 aromatic heterocycles. The molecule has 2 atom stereocenters. The van der Waals surface area contributed by atoms with E-state index in [1.54, 1.807) is 20.8 Å². The molecule has 0 bridgehead atoms. The van der Waals surface area contributed by atoms with Gasteiger partial charge in [0.1, 0.15) is 5.82 Å². The zero-order valence-corrected chi connectivity index (χ0v) is 12.3. The Kier molecular flexibility index (Phi) is 5.95. The number of carbonyl (C=O) groups excluding carboxylic acids is 2. The van der Waals surface area contributed by atoms with E-state index in [0.717, 1.165) is 6.07 Å². The summed E-state index contributed by atoms with van der Waals surface area (Å²) in [7, 11) is 0. The second-order valence-electron chi connectivity index (χ2n) is 4.40. The van der Waals surface area contributed by atoms with Gasteiger partial charge in [0.05, 0.1) is 23.1 Å². The number of rotatable bonds is 5. The van der Waals surface area contributed by atoms with E-state index in [1.165, 1.54) is 12.1 Å². The first kappa shape index (κ1) is 16.4. The van der Waals surface area contributed by atoms with Crippen molar-refractivity contribution in [1.82, 2.24) is 5.32 Å². The van der Waals surface area contributed by atoms with Gasteiger partial charge in [-0.3, -0.25) is 9.59 Å². The molecule has 0 spiro atoms. The number of ether oxygens (including phenoxy) is 1. The first-order chi connectivity index (χ1) is 9.38. The Morgan fingerprint density at radius 3 is 2.60 bits per heavy atom. The Hall–Kier alpha value is -1.62. The van der Waals surface area contributed by atoms with Crippen molar-refractivity contribution in [3.8, 4) is 0 Å². The summed E-state index contributed by atoms with van der Waals surface area (Å²) in [6, 6.07) is 3.50. The predicted octanol–water partition coefficient (Wildman–Crippen LogP) is 2.80. The molecule has 110 valence electrons. The minimum absolute atomic E-state index is 0.0264. The molecule has 0 heterocycles. The third-order valence-corrected chi connectivity index (χ3v) is 3.27. The fourth-order valence-corrected chi connectivity index (χ4v) is 1.85. The second kappa shape index (κ2) is 7.24. The Morgan fingerprint density at radius 2 is 2.05 bits per heavy atom. The topological polar surface area (TPSA) is 55.4 Å². The lowest BCUT2D eigenvalue weighted by Crippen LogP contribution is -2.41. The molecule has 0 aliphatic carbocycles.